The second-order valence-corrected chi connectivity index (χ2v) is 4.01. The molecule has 1 aromatic heterocycles. The van der Waals surface area contributed by atoms with Crippen molar-refractivity contribution in [1.82, 2.24) is 15.0 Å². The first-order chi connectivity index (χ1) is 10.1. The van der Waals surface area contributed by atoms with Crippen molar-refractivity contribution in [3.8, 4) is 17.8 Å². The molecular formula is C13H14F2N4O2. The smallest absolute Gasteiger partial charge is 0.330 e. The summed E-state index contributed by atoms with van der Waals surface area (Å²) >= 11 is 0. The molecule has 6 nitrogen and oxygen atoms in total. The van der Waals surface area contributed by atoms with Crippen molar-refractivity contribution < 1.29 is 18.3 Å². The molecule has 0 atom stereocenters. The van der Waals surface area contributed by atoms with E-state index in [9.17, 15) is 8.78 Å². The molecule has 0 radical (unpaired) electrons. The van der Waals surface area contributed by atoms with E-state index in [1.165, 1.54) is 19.2 Å². The van der Waals surface area contributed by atoms with Crippen LogP contribution in [0.15, 0.2) is 18.2 Å². The summed E-state index contributed by atoms with van der Waals surface area (Å²) in [5.41, 5.74) is 0. The zero-order chi connectivity index (χ0) is 15.2. The van der Waals surface area contributed by atoms with E-state index >= 15 is 0 Å². The third kappa shape index (κ3) is 3.74. The van der Waals surface area contributed by atoms with Gasteiger partial charge in [0.25, 0.3) is 0 Å². The van der Waals surface area contributed by atoms with Crippen LogP contribution >= 0.6 is 0 Å². The van der Waals surface area contributed by atoms with Gasteiger partial charge in [-0.2, -0.15) is 14.4 Å². The van der Waals surface area contributed by atoms with E-state index in [0.29, 0.717) is 6.54 Å². The largest absolute Gasteiger partial charge is 0.467 e. The van der Waals surface area contributed by atoms with Gasteiger partial charge in [0.1, 0.15) is 0 Å². The molecule has 0 spiro atoms. The van der Waals surface area contributed by atoms with Crippen LogP contribution in [0.25, 0.3) is 0 Å². The van der Waals surface area contributed by atoms with Gasteiger partial charge < -0.3 is 14.8 Å². The van der Waals surface area contributed by atoms with Gasteiger partial charge in [0.2, 0.25) is 11.8 Å². The second kappa shape index (κ2) is 6.78. The first kappa shape index (κ1) is 14.9. The Morgan fingerprint density at radius 1 is 1.14 bits per heavy atom. The van der Waals surface area contributed by atoms with Crippen molar-refractivity contribution in [2.45, 2.75) is 13.3 Å². The van der Waals surface area contributed by atoms with Crippen LogP contribution in [-0.2, 0) is 0 Å². The van der Waals surface area contributed by atoms with Crippen molar-refractivity contribution in [2.24, 2.45) is 0 Å². The van der Waals surface area contributed by atoms with E-state index < -0.39 is 11.6 Å². The molecule has 2 rings (SSSR count). The molecule has 21 heavy (non-hydrogen) atoms. The minimum absolute atomic E-state index is 0.00964. The van der Waals surface area contributed by atoms with Crippen LogP contribution in [0.5, 0.6) is 17.8 Å². The summed E-state index contributed by atoms with van der Waals surface area (Å²) in [5.74, 6) is -2.21. The summed E-state index contributed by atoms with van der Waals surface area (Å²) in [6.07, 6.45) is 0.864. The summed E-state index contributed by atoms with van der Waals surface area (Å²) < 4.78 is 36.8. The van der Waals surface area contributed by atoms with E-state index in [1.807, 2.05) is 6.92 Å². The highest BCUT2D eigenvalue weighted by Crippen LogP contribution is 2.24. The van der Waals surface area contributed by atoms with Crippen LogP contribution in [0, 0.1) is 11.6 Å². The number of benzene rings is 1. The van der Waals surface area contributed by atoms with Crippen LogP contribution in [0.1, 0.15) is 13.3 Å². The summed E-state index contributed by atoms with van der Waals surface area (Å²) in [7, 11) is 1.38. The number of hydrogen-bond acceptors (Lipinski definition) is 6. The highest BCUT2D eigenvalue weighted by molar-refractivity contribution is 5.31. The Morgan fingerprint density at radius 3 is 2.62 bits per heavy atom. The third-order valence-electron chi connectivity index (χ3n) is 2.43. The summed E-state index contributed by atoms with van der Waals surface area (Å²) in [4.78, 5) is 11.8. The number of hydrogen-bond donors (Lipinski definition) is 1. The monoisotopic (exact) mass is 296 g/mol. The number of ether oxygens (including phenoxy) is 2. The molecule has 1 N–H and O–H groups in total. The minimum atomic E-state index is -1.11. The molecule has 0 fully saturated rings. The van der Waals surface area contributed by atoms with Crippen LogP contribution in [0.2, 0.25) is 0 Å². The Morgan fingerprint density at radius 2 is 1.90 bits per heavy atom. The molecule has 2 aromatic rings. The van der Waals surface area contributed by atoms with Crippen LogP contribution in [0.4, 0.5) is 14.7 Å². The molecule has 0 aliphatic carbocycles. The average molecular weight is 296 g/mol. The van der Waals surface area contributed by atoms with Crippen LogP contribution in [-0.4, -0.2) is 28.6 Å². The molecular weight excluding hydrogens is 282 g/mol. The molecule has 1 heterocycles. The molecule has 0 bridgehead atoms. The molecule has 112 valence electrons. The molecule has 8 heteroatoms. The number of rotatable bonds is 6. The van der Waals surface area contributed by atoms with Crippen molar-refractivity contribution in [1.29, 1.82) is 0 Å². The topological polar surface area (TPSA) is 69.2 Å². The number of aromatic nitrogens is 3. The van der Waals surface area contributed by atoms with Gasteiger partial charge in [-0.15, -0.1) is 4.98 Å². The number of halogens is 2. The fourth-order valence-electron chi connectivity index (χ4n) is 1.45. The molecule has 0 saturated carbocycles. The van der Waals surface area contributed by atoms with Gasteiger partial charge in [-0.3, -0.25) is 0 Å². The van der Waals surface area contributed by atoms with Crippen molar-refractivity contribution in [2.75, 3.05) is 19.0 Å². The van der Waals surface area contributed by atoms with Gasteiger partial charge in [-0.1, -0.05) is 13.0 Å². The predicted octanol–water partition coefficient (Wildman–Crippen LogP) is 2.77. The summed E-state index contributed by atoms with van der Waals surface area (Å²) in [5, 5.41) is 2.93. The van der Waals surface area contributed by atoms with Gasteiger partial charge in [0, 0.05) is 6.54 Å². The molecule has 1 aromatic carbocycles. The molecule has 0 unspecified atom stereocenters. The van der Waals surface area contributed by atoms with Crippen LogP contribution < -0.4 is 14.8 Å². The van der Waals surface area contributed by atoms with Crippen LogP contribution in [0.3, 0.4) is 0 Å². The average Bonchev–Trinajstić information content (AvgIpc) is 2.49. The summed E-state index contributed by atoms with van der Waals surface area (Å²) in [6.45, 7) is 2.62. The highest BCUT2D eigenvalue weighted by Gasteiger charge is 2.13. The normalized spacial score (nSPS) is 10.3. The van der Waals surface area contributed by atoms with E-state index in [1.54, 1.807) is 0 Å². The quantitative estimate of drug-likeness (QED) is 0.884. The number of methoxy groups -OCH3 is 1. The standard InChI is InChI=1S/C13H14F2N4O2/c1-3-7-16-11-17-12(20-2)19-13(18-11)21-9-6-4-5-8(14)10(9)15/h4-6H,3,7H2,1-2H3,(H,16,17,18,19). The van der Waals surface area contributed by atoms with Gasteiger partial charge in [0.05, 0.1) is 7.11 Å². The first-order valence-corrected chi connectivity index (χ1v) is 6.29. The van der Waals surface area contributed by atoms with E-state index in [0.717, 1.165) is 12.5 Å². The van der Waals surface area contributed by atoms with Gasteiger partial charge in [-0.25, -0.2) is 4.39 Å². The maximum atomic E-state index is 13.6. The lowest BCUT2D eigenvalue weighted by atomic mass is 10.3. The Labute approximate surface area is 120 Å². The van der Waals surface area contributed by atoms with Gasteiger partial charge >= 0.3 is 12.0 Å². The maximum Gasteiger partial charge on any atom is 0.330 e. The molecule has 0 amide bonds. The lowest BCUT2D eigenvalue weighted by Gasteiger charge is -2.08. The van der Waals surface area contributed by atoms with E-state index in [2.05, 4.69) is 20.3 Å². The lowest BCUT2D eigenvalue weighted by Crippen LogP contribution is -2.08. The van der Waals surface area contributed by atoms with Crippen molar-refractivity contribution >= 4 is 5.95 Å². The Hall–Kier alpha value is -2.51. The summed E-state index contributed by atoms with van der Waals surface area (Å²) in [6, 6.07) is 3.40. The first-order valence-electron chi connectivity index (χ1n) is 6.29. The number of anilines is 1. The molecule has 0 aliphatic rings. The lowest BCUT2D eigenvalue weighted by molar-refractivity contribution is 0.351. The Bertz CT molecular complexity index is 625. The molecule has 0 aliphatic heterocycles. The van der Waals surface area contributed by atoms with E-state index in [4.69, 9.17) is 9.47 Å². The zero-order valence-electron chi connectivity index (χ0n) is 11.6. The maximum absolute atomic E-state index is 13.6. The fourth-order valence-corrected chi connectivity index (χ4v) is 1.45. The minimum Gasteiger partial charge on any atom is -0.467 e. The van der Waals surface area contributed by atoms with Crippen molar-refractivity contribution in [3.63, 3.8) is 0 Å². The Kier molecular flexibility index (Phi) is 4.81. The van der Waals surface area contributed by atoms with Gasteiger partial charge in [0.15, 0.2) is 11.6 Å². The van der Waals surface area contributed by atoms with Crippen molar-refractivity contribution in [3.05, 3.63) is 29.8 Å². The predicted molar refractivity (Wildman–Crippen MR) is 71.6 cm³/mol. The number of nitrogens with zero attached hydrogens (tertiary/aromatic N) is 3. The zero-order valence-corrected chi connectivity index (χ0v) is 11.6. The highest BCUT2D eigenvalue weighted by atomic mass is 19.2. The SMILES string of the molecule is CCCNc1nc(OC)nc(Oc2cccc(F)c2F)n1. The van der Waals surface area contributed by atoms with E-state index in [-0.39, 0.29) is 23.7 Å². The molecule has 0 saturated heterocycles. The van der Waals surface area contributed by atoms with Gasteiger partial charge in [-0.05, 0) is 18.6 Å². The fraction of sp³-hybridized carbons (Fsp3) is 0.308. The number of nitrogens with one attached hydrogen (secondary N) is 1. The second-order valence-electron chi connectivity index (χ2n) is 4.01. The third-order valence-corrected chi connectivity index (χ3v) is 2.43. The Balaban J connectivity index is 2.28.